The Balaban J connectivity index is 1.76. The molecule has 0 aliphatic rings. The van der Waals surface area contributed by atoms with E-state index in [2.05, 4.69) is 5.32 Å². The molecular formula is C20H22ClNO5. The third-order valence-corrected chi connectivity index (χ3v) is 4.09. The summed E-state index contributed by atoms with van der Waals surface area (Å²) < 4.78 is 10.6. The van der Waals surface area contributed by atoms with Gasteiger partial charge in [0, 0.05) is 18.5 Å². The third kappa shape index (κ3) is 7.19. The fourth-order valence-corrected chi connectivity index (χ4v) is 2.67. The van der Waals surface area contributed by atoms with Crippen molar-refractivity contribution in [1.82, 2.24) is 0 Å². The van der Waals surface area contributed by atoms with Crippen molar-refractivity contribution >= 4 is 29.2 Å². The highest BCUT2D eigenvalue weighted by atomic mass is 35.5. The number of hydrogen-bond acceptors (Lipinski definition) is 4. The highest BCUT2D eigenvalue weighted by Crippen LogP contribution is 2.25. The molecule has 0 spiro atoms. The number of carboxylic acids is 1. The van der Waals surface area contributed by atoms with Gasteiger partial charge in [0.05, 0.1) is 18.7 Å². The van der Waals surface area contributed by atoms with Crippen molar-refractivity contribution in [3.8, 4) is 11.5 Å². The third-order valence-electron chi connectivity index (χ3n) is 3.80. The lowest BCUT2D eigenvalue weighted by atomic mass is 10.1. The van der Waals surface area contributed by atoms with Gasteiger partial charge < -0.3 is 19.9 Å². The summed E-state index contributed by atoms with van der Waals surface area (Å²) >= 11 is 6.08. The first kappa shape index (κ1) is 20.6. The lowest BCUT2D eigenvalue weighted by Gasteiger charge is -2.09. The van der Waals surface area contributed by atoms with Gasteiger partial charge in [0.2, 0.25) is 5.91 Å². The minimum atomic E-state index is -0.839. The Labute approximate surface area is 163 Å². The smallest absolute Gasteiger partial charge is 0.303 e. The van der Waals surface area contributed by atoms with Crippen LogP contribution in [0.4, 0.5) is 5.69 Å². The van der Waals surface area contributed by atoms with E-state index in [1.165, 1.54) is 0 Å². The first-order valence-electron chi connectivity index (χ1n) is 8.55. The standard InChI is InChI=1S/C20H22ClNO5/c1-26-18-10-4-14(13-17(18)21)5-11-19(23)22-15-6-8-16(9-7-15)27-12-2-3-20(24)25/h4,6-10,13H,2-3,5,11-12H2,1H3,(H,22,23)(H,24,25). The van der Waals surface area contributed by atoms with Crippen LogP contribution in [0.3, 0.4) is 0 Å². The van der Waals surface area contributed by atoms with Crippen LogP contribution in [0.15, 0.2) is 42.5 Å². The summed E-state index contributed by atoms with van der Waals surface area (Å²) in [4.78, 5) is 22.5. The second-order valence-corrected chi connectivity index (χ2v) is 6.29. The number of hydrogen-bond donors (Lipinski definition) is 2. The highest BCUT2D eigenvalue weighted by molar-refractivity contribution is 6.32. The molecule has 0 saturated carbocycles. The number of ether oxygens (including phenoxy) is 2. The molecule has 7 heteroatoms. The molecule has 1 amide bonds. The molecule has 2 rings (SSSR count). The van der Waals surface area contributed by atoms with Crippen LogP contribution in [0.5, 0.6) is 11.5 Å². The molecule has 144 valence electrons. The fraction of sp³-hybridized carbons (Fsp3) is 0.300. The van der Waals surface area contributed by atoms with Crippen molar-refractivity contribution in [2.24, 2.45) is 0 Å². The van der Waals surface area contributed by atoms with E-state index in [4.69, 9.17) is 26.2 Å². The summed E-state index contributed by atoms with van der Waals surface area (Å²) in [6.07, 6.45) is 1.42. The summed E-state index contributed by atoms with van der Waals surface area (Å²) in [6.45, 7) is 0.336. The van der Waals surface area contributed by atoms with Gasteiger partial charge in [-0.3, -0.25) is 9.59 Å². The second-order valence-electron chi connectivity index (χ2n) is 5.89. The molecule has 0 aliphatic carbocycles. The molecular weight excluding hydrogens is 370 g/mol. The molecule has 0 aliphatic heterocycles. The molecule has 2 aromatic carbocycles. The zero-order valence-corrected chi connectivity index (χ0v) is 15.8. The molecule has 0 bridgehead atoms. The zero-order valence-electron chi connectivity index (χ0n) is 15.0. The number of carbonyl (C=O) groups is 2. The first-order valence-corrected chi connectivity index (χ1v) is 8.92. The number of anilines is 1. The van der Waals surface area contributed by atoms with Crippen LogP contribution in [0.25, 0.3) is 0 Å². The Bertz CT molecular complexity index is 776. The first-order chi connectivity index (χ1) is 13.0. The largest absolute Gasteiger partial charge is 0.495 e. The van der Waals surface area contributed by atoms with Crippen LogP contribution in [-0.4, -0.2) is 30.7 Å². The zero-order chi connectivity index (χ0) is 19.6. The Kier molecular flexibility index (Phi) is 7.95. The lowest BCUT2D eigenvalue weighted by Crippen LogP contribution is -2.12. The molecule has 0 unspecified atom stereocenters. The molecule has 0 radical (unpaired) electrons. The van der Waals surface area contributed by atoms with Crippen LogP contribution < -0.4 is 14.8 Å². The van der Waals surface area contributed by atoms with Gasteiger partial charge in [-0.25, -0.2) is 0 Å². The van der Waals surface area contributed by atoms with E-state index in [0.29, 0.717) is 48.1 Å². The van der Waals surface area contributed by atoms with E-state index in [0.717, 1.165) is 5.56 Å². The Morgan fingerprint density at radius 3 is 2.48 bits per heavy atom. The number of halogens is 1. The van der Waals surface area contributed by atoms with E-state index in [1.807, 2.05) is 6.07 Å². The van der Waals surface area contributed by atoms with Gasteiger partial charge >= 0.3 is 5.97 Å². The predicted molar refractivity (Wildman–Crippen MR) is 104 cm³/mol. The minimum absolute atomic E-state index is 0.0769. The summed E-state index contributed by atoms with van der Waals surface area (Å²) in [5, 5.41) is 11.9. The monoisotopic (exact) mass is 391 g/mol. The van der Waals surface area contributed by atoms with Gasteiger partial charge in [-0.2, -0.15) is 0 Å². The van der Waals surface area contributed by atoms with Gasteiger partial charge in [0.25, 0.3) is 0 Å². The van der Waals surface area contributed by atoms with Crippen molar-refractivity contribution < 1.29 is 24.2 Å². The van der Waals surface area contributed by atoms with Crippen LogP contribution in [0.1, 0.15) is 24.8 Å². The van der Waals surface area contributed by atoms with Gasteiger partial charge in [0.15, 0.2) is 0 Å². The predicted octanol–water partition coefficient (Wildman–Crippen LogP) is 4.16. The number of aliphatic carboxylic acids is 1. The van der Waals surface area contributed by atoms with E-state index in [-0.39, 0.29) is 12.3 Å². The maximum absolute atomic E-state index is 12.1. The molecule has 27 heavy (non-hydrogen) atoms. The number of amides is 1. The van der Waals surface area contributed by atoms with Crippen molar-refractivity contribution in [3.63, 3.8) is 0 Å². The number of carbonyl (C=O) groups excluding carboxylic acids is 1. The minimum Gasteiger partial charge on any atom is -0.495 e. The highest BCUT2D eigenvalue weighted by Gasteiger charge is 2.06. The summed E-state index contributed by atoms with van der Waals surface area (Å²) in [5.41, 5.74) is 1.63. The molecule has 0 atom stereocenters. The van der Waals surface area contributed by atoms with Crippen molar-refractivity contribution in [1.29, 1.82) is 0 Å². The Morgan fingerprint density at radius 2 is 1.85 bits per heavy atom. The van der Waals surface area contributed by atoms with Crippen molar-refractivity contribution in [3.05, 3.63) is 53.1 Å². The number of benzene rings is 2. The van der Waals surface area contributed by atoms with Crippen LogP contribution >= 0.6 is 11.6 Å². The number of rotatable bonds is 10. The molecule has 0 aromatic heterocycles. The average molecular weight is 392 g/mol. The fourth-order valence-electron chi connectivity index (χ4n) is 2.39. The molecule has 0 fully saturated rings. The topological polar surface area (TPSA) is 84.9 Å². The summed E-state index contributed by atoms with van der Waals surface area (Å²) in [7, 11) is 1.56. The maximum atomic E-state index is 12.1. The van der Waals surface area contributed by atoms with Crippen LogP contribution in [0.2, 0.25) is 5.02 Å². The lowest BCUT2D eigenvalue weighted by molar-refractivity contribution is -0.137. The second kappa shape index (κ2) is 10.4. The van der Waals surface area contributed by atoms with Crippen LogP contribution in [-0.2, 0) is 16.0 Å². The van der Waals surface area contributed by atoms with Crippen molar-refractivity contribution in [2.45, 2.75) is 25.7 Å². The van der Waals surface area contributed by atoms with E-state index >= 15 is 0 Å². The van der Waals surface area contributed by atoms with Gasteiger partial charge in [-0.05, 0) is 54.8 Å². The van der Waals surface area contributed by atoms with E-state index < -0.39 is 5.97 Å². The number of methoxy groups -OCH3 is 1. The molecule has 2 N–H and O–H groups in total. The Hall–Kier alpha value is -2.73. The molecule has 0 saturated heterocycles. The van der Waals surface area contributed by atoms with Crippen molar-refractivity contribution in [2.75, 3.05) is 19.0 Å². The molecule has 0 heterocycles. The normalized spacial score (nSPS) is 10.3. The number of aryl methyl sites for hydroxylation is 1. The maximum Gasteiger partial charge on any atom is 0.303 e. The summed E-state index contributed by atoms with van der Waals surface area (Å²) in [5.74, 6) is 0.298. The van der Waals surface area contributed by atoms with Gasteiger partial charge in [0.1, 0.15) is 11.5 Å². The number of carboxylic acid groups (broad SMARTS) is 1. The average Bonchev–Trinajstić information content (AvgIpc) is 2.65. The van der Waals surface area contributed by atoms with Gasteiger partial charge in [-0.15, -0.1) is 0 Å². The van der Waals surface area contributed by atoms with Gasteiger partial charge in [-0.1, -0.05) is 17.7 Å². The SMILES string of the molecule is COc1ccc(CCC(=O)Nc2ccc(OCCCC(=O)O)cc2)cc1Cl. The van der Waals surface area contributed by atoms with E-state index in [9.17, 15) is 9.59 Å². The molecule has 2 aromatic rings. The van der Waals surface area contributed by atoms with E-state index in [1.54, 1.807) is 43.5 Å². The summed E-state index contributed by atoms with van der Waals surface area (Å²) in [6, 6.07) is 12.4. The quantitative estimate of drug-likeness (QED) is 0.594. The van der Waals surface area contributed by atoms with Crippen LogP contribution in [0, 0.1) is 0 Å². The molecule has 6 nitrogen and oxygen atoms in total. The number of nitrogens with one attached hydrogen (secondary N) is 1. The Morgan fingerprint density at radius 1 is 1.11 bits per heavy atom.